The lowest BCUT2D eigenvalue weighted by molar-refractivity contribution is -0.128. The van der Waals surface area contributed by atoms with Crippen molar-refractivity contribution in [2.45, 2.75) is 20.8 Å². The number of rotatable bonds is 5. The molecule has 1 aromatic heterocycles. The molecule has 2 amide bonds. The first kappa shape index (κ1) is 21.2. The average Bonchev–Trinajstić information content (AvgIpc) is 2.95. The molecule has 30 heavy (non-hydrogen) atoms. The Balaban J connectivity index is 2.07. The molecule has 1 aliphatic rings. The third kappa shape index (κ3) is 3.69. The minimum atomic E-state index is -0.986. The van der Waals surface area contributed by atoms with E-state index >= 15 is 0 Å². The van der Waals surface area contributed by atoms with Crippen molar-refractivity contribution in [1.82, 2.24) is 14.8 Å². The maximum atomic E-state index is 12.8. The summed E-state index contributed by atoms with van der Waals surface area (Å²) in [6, 6.07) is 6.78. The largest absolute Gasteiger partial charge is 0.478 e. The van der Waals surface area contributed by atoms with Gasteiger partial charge >= 0.3 is 5.97 Å². The Bertz CT molecular complexity index is 1140. The van der Waals surface area contributed by atoms with Gasteiger partial charge in [0.25, 0.3) is 11.8 Å². The van der Waals surface area contributed by atoms with Gasteiger partial charge in [-0.2, -0.15) is 0 Å². The van der Waals surface area contributed by atoms with Crippen LogP contribution in [-0.2, 0) is 9.59 Å². The minimum absolute atomic E-state index is 0.0105. The highest BCUT2D eigenvalue weighted by atomic mass is 32.1. The van der Waals surface area contributed by atoms with Crippen LogP contribution in [0.3, 0.4) is 0 Å². The molecule has 8 heteroatoms. The molecule has 2 heterocycles. The average molecular weight is 423 g/mol. The predicted molar refractivity (Wildman–Crippen MR) is 118 cm³/mol. The molecule has 0 aliphatic carbocycles. The Labute approximate surface area is 179 Å². The number of benzene rings is 1. The molecule has 3 rings (SSSR count). The number of nitrogens with zero attached hydrogens (tertiary/aromatic N) is 2. The Morgan fingerprint density at radius 2 is 1.93 bits per heavy atom. The van der Waals surface area contributed by atoms with Gasteiger partial charge in [-0.25, -0.2) is 4.79 Å². The number of aromatic nitrogens is 1. The molecule has 1 aliphatic heterocycles. The first-order chi connectivity index (χ1) is 14.1. The number of carboxylic acids is 1. The summed E-state index contributed by atoms with van der Waals surface area (Å²) < 4.78 is 1.96. The predicted octanol–water partition coefficient (Wildman–Crippen LogP) is 2.91. The Hall–Kier alpha value is -3.52. The van der Waals surface area contributed by atoms with Crippen LogP contribution in [-0.4, -0.2) is 44.0 Å². The summed E-state index contributed by atoms with van der Waals surface area (Å²) in [5.41, 5.74) is 4.23. The fourth-order valence-corrected chi connectivity index (χ4v) is 3.74. The zero-order chi connectivity index (χ0) is 22.2. The molecule has 0 unspecified atom stereocenters. The van der Waals surface area contributed by atoms with E-state index in [1.54, 1.807) is 24.3 Å². The molecule has 1 saturated heterocycles. The molecule has 0 saturated carbocycles. The van der Waals surface area contributed by atoms with Gasteiger partial charge < -0.3 is 9.67 Å². The lowest BCUT2D eigenvalue weighted by atomic mass is 10.1. The molecule has 1 aromatic carbocycles. The van der Waals surface area contributed by atoms with Crippen molar-refractivity contribution in [3.05, 3.63) is 70.6 Å². The lowest BCUT2D eigenvalue weighted by Crippen LogP contribution is -2.53. The van der Waals surface area contributed by atoms with Gasteiger partial charge in [0, 0.05) is 23.6 Å². The number of carbonyl (C=O) groups is 3. The van der Waals surface area contributed by atoms with Crippen LogP contribution in [0.15, 0.2) is 42.5 Å². The van der Waals surface area contributed by atoms with Gasteiger partial charge in [-0.15, -0.1) is 6.58 Å². The number of carboxylic acid groups (broad SMARTS) is 1. The number of aromatic carboxylic acids is 1. The number of aryl methyl sites for hydroxylation is 2. The third-order valence-electron chi connectivity index (χ3n) is 4.95. The zero-order valence-electron chi connectivity index (χ0n) is 16.9. The van der Waals surface area contributed by atoms with Crippen LogP contribution < -0.4 is 5.32 Å². The summed E-state index contributed by atoms with van der Waals surface area (Å²) in [6.45, 7) is 9.43. The molecule has 0 atom stereocenters. The van der Waals surface area contributed by atoms with E-state index in [1.807, 2.05) is 31.4 Å². The minimum Gasteiger partial charge on any atom is -0.478 e. The molecule has 7 nitrogen and oxygen atoms in total. The summed E-state index contributed by atoms with van der Waals surface area (Å²) in [4.78, 5) is 37.7. The number of amides is 2. The highest BCUT2D eigenvalue weighted by molar-refractivity contribution is 7.80. The van der Waals surface area contributed by atoms with Crippen LogP contribution in [0.5, 0.6) is 0 Å². The smallest absolute Gasteiger partial charge is 0.335 e. The first-order valence-electron chi connectivity index (χ1n) is 9.18. The van der Waals surface area contributed by atoms with E-state index in [0.717, 1.165) is 22.6 Å². The highest BCUT2D eigenvalue weighted by Crippen LogP contribution is 2.26. The van der Waals surface area contributed by atoms with E-state index in [0.29, 0.717) is 5.56 Å². The van der Waals surface area contributed by atoms with Gasteiger partial charge in [-0.05, 0) is 74.5 Å². The molecular weight excluding hydrogens is 402 g/mol. The van der Waals surface area contributed by atoms with E-state index in [9.17, 15) is 19.5 Å². The number of carbonyl (C=O) groups excluding carboxylic acids is 2. The third-order valence-corrected chi connectivity index (χ3v) is 5.27. The summed E-state index contributed by atoms with van der Waals surface area (Å²) in [5.74, 6) is -2.01. The fraction of sp³-hybridized carbons (Fsp3) is 0.182. The molecule has 0 bridgehead atoms. The van der Waals surface area contributed by atoms with Crippen molar-refractivity contribution >= 4 is 41.2 Å². The fourth-order valence-electron chi connectivity index (χ4n) is 3.49. The van der Waals surface area contributed by atoms with Crippen LogP contribution in [0.2, 0.25) is 0 Å². The quantitative estimate of drug-likeness (QED) is 0.334. The summed E-state index contributed by atoms with van der Waals surface area (Å²) >= 11 is 5.07. The summed E-state index contributed by atoms with van der Waals surface area (Å²) in [5, 5.41) is 11.8. The number of thiocarbonyl (C=S) groups is 1. The Morgan fingerprint density at radius 1 is 1.23 bits per heavy atom. The molecule has 1 fully saturated rings. The maximum Gasteiger partial charge on any atom is 0.335 e. The number of hydrogen-bond donors (Lipinski definition) is 2. The van der Waals surface area contributed by atoms with Gasteiger partial charge in [0.05, 0.1) is 5.56 Å². The van der Waals surface area contributed by atoms with E-state index in [1.165, 1.54) is 11.0 Å². The van der Waals surface area contributed by atoms with Crippen LogP contribution in [0.4, 0.5) is 0 Å². The Morgan fingerprint density at radius 3 is 2.53 bits per heavy atom. The van der Waals surface area contributed by atoms with Crippen molar-refractivity contribution < 1.29 is 19.5 Å². The van der Waals surface area contributed by atoms with Gasteiger partial charge in [-0.1, -0.05) is 6.08 Å². The van der Waals surface area contributed by atoms with Crippen LogP contribution in [0.1, 0.15) is 32.9 Å². The molecular formula is C22H21N3O4S. The molecule has 2 aromatic rings. The van der Waals surface area contributed by atoms with E-state index < -0.39 is 17.8 Å². The van der Waals surface area contributed by atoms with E-state index in [2.05, 4.69) is 11.9 Å². The van der Waals surface area contributed by atoms with E-state index in [4.69, 9.17) is 12.2 Å². The second-order valence-electron chi connectivity index (χ2n) is 6.99. The Kier molecular flexibility index (Phi) is 5.71. The van der Waals surface area contributed by atoms with Crippen LogP contribution in [0, 0.1) is 20.8 Å². The molecule has 0 radical (unpaired) electrons. The van der Waals surface area contributed by atoms with Gasteiger partial charge in [0.15, 0.2) is 5.11 Å². The van der Waals surface area contributed by atoms with Crippen molar-refractivity contribution in [1.29, 1.82) is 0 Å². The first-order valence-corrected chi connectivity index (χ1v) is 9.59. The maximum absolute atomic E-state index is 12.8. The summed E-state index contributed by atoms with van der Waals surface area (Å²) in [7, 11) is 0. The van der Waals surface area contributed by atoms with Crippen molar-refractivity contribution in [3.63, 3.8) is 0 Å². The molecule has 0 spiro atoms. The lowest BCUT2D eigenvalue weighted by Gasteiger charge is -2.27. The number of nitrogens with one attached hydrogen (secondary N) is 1. The standard InChI is InChI=1S/C22H21N3O4S/c1-5-8-24-20(27)17(19(26)23-22(24)30)11-16-10-13(3)25(14(16)4)18-7-6-15(21(28)29)9-12(18)2/h5-7,9-11H,1,8H2,2-4H3,(H,28,29)(H,23,26,30)/b17-11+. The molecule has 154 valence electrons. The zero-order valence-corrected chi connectivity index (χ0v) is 17.7. The van der Waals surface area contributed by atoms with Crippen molar-refractivity contribution in [2.24, 2.45) is 0 Å². The SMILES string of the molecule is C=CCN1C(=O)/C(=C/c2cc(C)n(-c3ccc(C(=O)O)cc3C)c2C)C(=O)NC1=S. The van der Waals surface area contributed by atoms with Gasteiger partial charge in [-0.3, -0.25) is 19.8 Å². The van der Waals surface area contributed by atoms with Gasteiger partial charge in [0.2, 0.25) is 0 Å². The second-order valence-corrected chi connectivity index (χ2v) is 7.38. The monoisotopic (exact) mass is 423 g/mol. The van der Waals surface area contributed by atoms with E-state index in [-0.39, 0.29) is 22.8 Å². The van der Waals surface area contributed by atoms with Gasteiger partial charge in [0.1, 0.15) is 5.57 Å². The molecule has 2 N–H and O–H groups in total. The van der Waals surface area contributed by atoms with Crippen LogP contribution in [0.25, 0.3) is 11.8 Å². The summed E-state index contributed by atoms with van der Waals surface area (Å²) in [6.07, 6.45) is 3.09. The normalized spacial score (nSPS) is 15.5. The van der Waals surface area contributed by atoms with Crippen LogP contribution >= 0.6 is 12.2 Å². The van der Waals surface area contributed by atoms with Crippen molar-refractivity contribution in [2.75, 3.05) is 6.54 Å². The number of hydrogen-bond acceptors (Lipinski definition) is 4. The second kappa shape index (κ2) is 8.08. The van der Waals surface area contributed by atoms with Crippen molar-refractivity contribution in [3.8, 4) is 5.69 Å². The topological polar surface area (TPSA) is 91.6 Å². The highest BCUT2D eigenvalue weighted by Gasteiger charge is 2.33.